The lowest BCUT2D eigenvalue weighted by Crippen LogP contribution is -2.54. The number of hydrogen-bond acceptors (Lipinski definition) is 10. The second-order valence-corrected chi connectivity index (χ2v) is 12.7. The number of nitrogen functional groups attached to an aromatic ring is 1. The molecule has 0 aliphatic carbocycles. The van der Waals surface area contributed by atoms with E-state index in [1.165, 1.54) is 12.4 Å². The number of carbonyl (C=O) groups is 4. The predicted molar refractivity (Wildman–Crippen MR) is 179 cm³/mol. The number of nitrogens with two attached hydrogens (primary N) is 1. The minimum atomic E-state index is -1.43. The molecule has 2 saturated heterocycles. The number of anilines is 1. The van der Waals surface area contributed by atoms with Gasteiger partial charge in [0.25, 0.3) is 11.8 Å². The molecule has 258 valence electrons. The molecule has 0 spiro atoms. The number of fused-ring (bicyclic) bond motifs is 2. The standard InChI is InChI=1S/C36H30F2N8O5/c37-25-15-24-23(35(49)45(36(24)50)28-10-11-29(47)42-34(28)48)14-20(25)16-44-13-12-27(26(38)17-44)46-33-30(32(39)40-18-41-33)31(43-46)19-6-8-22(9-7-19)51-21-4-2-1-3-5-21/h1-9,14-15,18,26-28H,10-13,16-17H2,(H2,39,40,41)(H,42,47,48)/t26-,27-,28?/m0/s1. The van der Waals surface area contributed by atoms with Crippen LogP contribution in [0.15, 0.2) is 73.1 Å². The van der Waals surface area contributed by atoms with Gasteiger partial charge >= 0.3 is 0 Å². The Labute approximate surface area is 289 Å². The third-order valence-corrected chi connectivity index (χ3v) is 9.53. The number of rotatable bonds is 7. The molecule has 5 aromatic rings. The van der Waals surface area contributed by atoms with E-state index in [9.17, 15) is 19.2 Å². The number of imide groups is 2. The lowest BCUT2D eigenvalue weighted by atomic mass is 10.0. The van der Waals surface area contributed by atoms with Gasteiger partial charge in [-0.1, -0.05) is 18.2 Å². The zero-order chi connectivity index (χ0) is 35.4. The number of nitrogens with zero attached hydrogens (tertiary/aromatic N) is 6. The number of halogens is 2. The van der Waals surface area contributed by atoms with Gasteiger partial charge in [0, 0.05) is 37.2 Å². The Hall–Kier alpha value is -6.09. The number of likely N-dealkylation sites (tertiary alicyclic amines) is 1. The van der Waals surface area contributed by atoms with Crippen LogP contribution >= 0.6 is 0 Å². The van der Waals surface area contributed by atoms with E-state index >= 15 is 8.78 Å². The summed E-state index contributed by atoms with van der Waals surface area (Å²) in [6.45, 7) is 0.267. The third kappa shape index (κ3) is 5.74. The summed E-state index contributed by atoms with van der Waals surface area (Å²) in [5.41, 5.74) is 7.80. The average molecular weight is 693 g/mol. The molecule has 13 nitrogen and oxygen atoms in total. The highest BCUT2D eigenvalue weighted by molar-refractivity contribution is 6.23. The van der Waals surface area contributed by atoms with Crippen molar-refractivity contribution in [2.24, 2.45) is 0 Å². The molecule has 0 saturated carbocycles. The van der Waals surface area contributed by atoms with Crippen LogP contribution in [0.4, 0.5) is 14.6 Å². The Morgan fingerprint density at radius 1 is 0.922 bits per heavy atom. The fourth-order valence-electron chi connectivity index (χ4n) is 7.01. The zero-order valence-corrected chi connectivity index (χ0v) is 27.0. The summed E-state index contributed by atoms with van der Waals surface area (Å²) in [7, 11) is 0. The number of aromatic nitrogens is 4. The molecule has 3 N–H and O–H groups in total. The molecule has 8 rings (SSSR count). The average Bonchev–Trinajstić information content (AvgIpc) is 3.61. The van der Waals surface area contributed by atoms with Crippen molar-refractivity contribution in [3.05, 3.63) is 95.6 Å². The van der Waals surface area contributed by atoms with Crippen molar-refractivity contribution in [2.45, 2.75) is 44.1 Å². The molecule has 15 heteroatoms. The van der Waals surface area contributed by atoms with Crippen molar-refractivity contribution in [2.75, 3.05) is 18.8 Å². The summed E-state index contributed by atoms with van der Waals surface area (Å²) in [6.07, 6.45) is 0.134. The fraction of sp³-hybridized carbons (Fsp3) is 0.250. The number of benzene rings is 3. The maximum Gasteiger partial charge on any atom is 0.262 e. The van der Waals surface area contributed by atoms with E-state index in [2.05, 4.69) is 15.3 Å². The first-order chi connectivity index (χ1) is 24.7. The van der Waals surface area contributed by atoms with Crippen molar-refractivity contribution in [3.8, 4) is 22.8 Å². The lowest BCUT2D eigenvalue weighted by Gasteiger charge is -2.35. The molecule has 3 aliphatic rings. The van der Waals surface area contributed by atoms with Crippen LogP contribution in [-0.4, -0.2) is 78.5 Å². The van der Waals surface area contributed by atoms with Crippen molar-refractivity contribution >= 4 is 40.5 Å². The van der Waals surface area contributed by atoms with Gasteiger partial charge in [0.05, 0.1) is 22.6 Å². The first-order valence-electron chi connectivity index (χ1n) is 16.4. The normalized spacial score (nSPS) is 20.9. The van der Waals surface area contributed by atoms with Crippen LogP contribution in [0.2, 0.25) is 0 Å². The molecular formula is C36H30F2N8O5. The molecule has 1 unspecified atom stereocenters. The smallest absolute Gasteiger partial charge is 0.262 e. The molecule has 51 heavy (non-hydrogen) atoms. The molecule has 2 aromatic heterocycles. The zero-order valence-electron chi connectivity index (χ0n) is 27.0. The first kappa shape index (κ1) is 32.1. The Morgan fingerprint density at radius 2 is 1.65 bits per heavy atom. The molecule has 5 heterocycles. The van der Waals surface area contributed by atoms with E-state index in [-0.39, 0.29) is 48.4 Å². The minimum absolute atomic E-state index is 0.0139. The Bertz CT molecular complexity index is 2230. The van der Waals surface area contributed by atoms with Gasteiger partial charge in [-0.05, 0) is 61.4 Å². The third-order valence-electron chi connectivity index (χ3n) is 9.53. The molecule has 0 radical (unpaired) electrons. The topological polar surface area (TPSA) is 166 Å². The monoisotopic (exact) mass is 692 g/mol. The highest BCUT2D eigenvalue weighted by Crippen LogP contribution is 2.37. The Kier molecular flexibility index (Phi) is 7.98. The number of para-hydroxylation sites is 1. The Morgan fingerprint density at radius 3 is 2.37 bits per heavy atom. The van der Waals surface area contributed by atoms with Crippen molar-refractivity contribution < 1.29 is 32.7 Å². The number of piperidine rings is 2. The predicted octanol–water partition coefficient (Wildman–Crippen LogP) is 4.19. The van der Waals surface area contributed by atoms with Crippen molar-refractivity contribution in [1.29, 1.82) is 0 Å². The SMILES string of the molecule is Nc1ncnc2c1c(-c1ccc(Oc3ccccc3)cc1)nn2[C@H]1CCN(Cc2cc3c(cc2F)C(=O)N(C2CCC(=O)NC2=O)C3=O)C[C@@H]1F. The van der Waals surface area contributed by atoms with Gasteiger partial charge in [0.15, 0.2) is 5.65 Å². The number of alkyl halides is 1. The van der Waals surface area contributed by atoms with Gasteiger partial charge < -0.3 is 10.5 Å². The fourth-order valence-corrected chi connectivity index (χ4v) is 7.01. The summed E-state index contributed by atoms with van der Waals surface area (Å²) in [5, 5.41) is 7.43. The van der Waals surface area contributed by atoms with E-state index in [1.54, 1.807) is 21.7 Å². The van der Waals surface area contributed by atoms with Gasteiger partial charge in [0.1, 0.15) is 47.4 Å². The summed E-state index contributed by atoms with van der Waals surface area (Å²) in [6, 6.07) is 17.0. The maximum absolute atomic E-state index is 16.1. The molecule has 0 bridgehead atoms. The van der Waals surface area contributed by atoms with E-state index in [1.807, 2.05) is 42.5 Å². The summed E-state index contributed by atoms with van der Waals surface area (Å²) < 4.78 is 38.9. The highest BCUT2D eigenvalue weighted by Gasteiger charge is 2.45. The van der Waals surface area contributed by atoms with Gasteiger partial charge in [-0.15, -0.1) is 0 Å². The van der Waals surface area contributed by atoms with E-state index < -0.39 is 47.7 Å². The molecule has 3 aliphatic heterocycles. The second kappa shape index (κ2) is 12.7. The van der Waals surface area contributed by atoms with Crippen LogP contribution < -0.4 is 15.8 Å². The molecule has 3 atom stereocenters. The van der Waals surface area contributed by atoms with Crippen LogP contribution in [-0.2, 0) is 16.1 Å². The number of carbonyl (C=O) groups excluding carboxylic acids is 4. The van der Waals surface area contributed by atoms with Crippen molar-refractivity contribution in [1.82, 2.24) is 34.9 Å². The van der Waals surface area contributed by atoms with Crippen LogP contribution in [0.3, 0.4) is 0 Å². The summed E-state index contributed by atoms with van der Waals surface area (Å²) >= 11 is 0. The van der Waals surface area contributed by atoms with Crippen LogP contribution in [0, 0.1) is 5.82 Å². The van der Waals surface area contributed by atoms with E-state index in [4.69, 9.17) is 15.6 Å². The number of nitrogens with one attached hydrogen (secondary N) is 1. The Balaban J connectivity index is 1.00. The number of hydrogen-bond donors (Lipinski definition) is 2. The van der Waals surface area contributed by atoms with Gasteiger partial charge in [-0.2, -0.15) is 5.10 Å². The second-order valence-electron chi connectivity index (χ2n) is 12.7. The van der Waals surface area contributed by atoms with Crippen LogP contribution in [0.5, 0.6) is 11.5 Å². The van der Waals surface area contributed by atoms with Crippen LogP contribution in [0.25, 0.3) is 22.3 Å². The van der Waals surface area contributed by atoms with Gasteiger partial charge in [-0.25, -0.2) is 23.4 Å². The quantitative estimate of drug-likeness (QED) is 0.236. The van der Waals surface area contributed by atoms with Gasteiger partial charge in [-0.3, -0.25) is 34.3 Å². The van der Waals surface area contributed by atoms with E-state index in [0.717, 1.165) is 11.0 Å². The van der Waals surface area contributed by atoms with Crippen molar-refractivity contribution in [3.63, 3.8) is 0 Å². The molecular weight excluding hydrogens is 662 g/mol. The number of amides is 4. The van der Waals surface area contributed by atoms with E-state index in [0.29, 0.717) is 46.8 Å². The highest BCUT2D eigenvalue weighted by atomic mass is 19.1. The largest absolute Gasteiger partial charge is 0.457 e. The summed E-state index contributed by atoms with van der Waals surface area (Å²) in [4.78, 5) is 61.4. The first-order valence-corrected chi connectivity index (χ1v) is 16.4. The van der Waals surface area contributed by atoms with Crippen LogP contribution in [0.1, 0.15) is 51.6 Å². The molecule has 4 amide bonds. The molecule has 2 fully saturated rings. The maximum atomic E-state index is 16.1. The lowest BCUT2D eigenvalue weighted by molar-refractivity contribution is -0.136. The molecule has 3 aromatic carbocycles. The van der Waals surface area contributed by atoms with Gasteiger partial charge in [0.2, 0.25) is 11.8 Å². The summed E-state index contributed by atoms with van der Waals surface area (Å²) in [5.74, 6) is -2.00. The minimum Gasteiger partial charge on any atom is -0.457 e. The number of ether oxygens (including phenoxy) is 1.